The largest absolute Gasteiger partial charge is 0.441 e. The highest BCUT2D eigenvalue weighted by Crippen LogP contribution is 2.36. The number of ketones is 1. The number of rotatable bonds is 0. The Labute approximate surface area is 75.7 Å². The lowest BCUT2D eigenvalue weighted by Crippen LogP contribution is -2.24. The van der Waals surface area contributed by atoms with E-state index >= 15 is 0 Å². The zero-order valence-electron chi connectivity index (χ0n) is 7.29. The maximum Gasteiger partial charge on any atom is 0.339 e. The van der Waals surface area contributed by atoms with E-state index in [1.54, 1.807) is 0 Å². The van der Waals surface area contributed by atoms with Gasteiger partial charge in [0.2, 0.25) is 11.5 Å². The second-order valence-electron chi connectivity index (χ2n) is 3.29. The maximum absolute atomic E-state index is 11.3. The molecule has 0 aromatic rings. The molecule has 0 saturated carbocycles. The first-order valence-corrected chi connectivity index (χ1v) is 4.20. The van der Waals surface area contributed by atoms with Crippen LogP contribution in [0.15, 0.2) is 11.5 Å². The van der Waals surface area contributed by atoms with Crippen molar-refractivity contribution in [2.75, 3.05) is 0 Å². The Kier molecular flexibility index (Phi) is 1.56. The molecule has 68 valence electrons. The summed E-state index contributed by atoms with van der Waals surface area (Å²) in [7, 11) is 0. The predicted octanol–water partition coefficient (Wildman–Crippen LogP) is 1.24. The van der Waals surface area contributed by atoms with E-state index in [0.29, 0.717) is 18.6 Å². The Hall–Kier alpha value is -1.50. The van der Waals surface area contributed by atoms with Crippen LogP contribution in [0.5, 0.6) is 0 Å². The van der Waals surface area contributed by atoms with Crippen molar-refractivity contribution in [3.8, 4) is 6.07 Å². The number of hydrogen-bond acceptors (Lipinski definition) is 4. The monoisotopic (exact) mass is 179 g/mol. The third-order valence-electron chi connectivity index (χ3n) is 2.13. The summed E-state index contributed by atoms with van der Waals surface area (Å²) in [6.45, 7) is 1.51. The normalized spacial score (nSPS) is 31.8. The van der Waals surface area contributed by atoms with Gasteiger partial charge in [-0.05, 0) is 6.42 Å². The van der Waals surface area contributed by atoms with E-state index in [2.05, 4.69) is 0 Å². The number of allylic oxidation sites excluding steroid dienone is 2. The number of ether oxygens (including phenoxy) is 2. The van der Waals surface area contributed by atoms with E-state index in [-0.39, 0.29) is 11.5 Å². The molecule has 1 heterocycles. The predicted molar refractivity (Wildman–Crippen MR) is 42.1 cm³/mol. The van der Waals surface area contributed by atoms with Crippen molar-refractivity contribution in [3.63, 3.8) is 0 Å². The number of carbonyl (C=O) groups is 1. The van der Waals surface area contributed by atoms with Gasteiger partial charge in [0.05, 0.1) is 0 Å². The molecule has 0 spiro atoms. The second-order valence-corrected chi connectivity index (χ2v) is 3.29. The molecule has 0 amide bonds. The summed E-state index contributed by atoms with van der Waals surface area (Å²) in [6.07, 6.45) is 1.96. The zero-order chi connectivity index (χ0) is 9.47. The first kappa shape index (κ1) is 8.11. The van der Waals surface area contributed by atoms with Crippen LogP contribution in [0.25, 0.3) is 0 Å². The minimum absolute atomic E-state index is 0.0553. The summed E-state index contributed by atoms with van der Waals surface area (Å²) < 4.78 is 10.4. The van der Waals surface area contributed by atoms with Gasteiger partial charge in [-0.3, -0.25) is 4.79 Å². The van der Waals surface area contributed by atoms with Crippen LogP contribution < -0.4 is 0 Å². The van der Waals surface area contributed by atoms with Gasteiger partial charge in [-0.25, -0.2) is 0 Å². The van der Waals surface area contributed by atoms with E-state index in [1.807, 2.05) is 6.07 Å². The van der Waals surface area contributed by atoms with Crippen molar-refractivity contribution < 1.29 is 14.3 Å². The molecule has 0 bridgehead atoms. The molecule has 4 heteroatoms. The first-order valence-electron chi connectivity index (χ1n) is 4.20. The molecule has 0 N–H and O–H groups in total. The van der Waals surface area contributed by atoms with Gasteiger partial charge in [-0.2, -0.15) is 5.26 Å². The molecule has 1 aliphatic heterocycles. The summed E-state index contributed by atoms with van der Waals surface area (Å²) in [5.41, 5.74) is 0. The van der Waals surface area contributed by atoms with Gasteiger partial charge in [0, 0.05) is 19.8 Å². The lowest BCUT2D eigenvalue weighted by molar-refractivity contribution is -0.125. The average Bonchev–Trinajstić information content (AvgIpc) is 2.45. The summed E-state index contributed by atoms with van der Waals surface area (Å²) in [5.74, 6) is -0.541. The second kappa shape index (κ2) is 2.49. The van der Waals surface area contributed by atoms with Crippen LogP contribution in [0.4, 0.5) is 0 Å². The zero-order valence-corrected chi connectivity index (χ0v) is 7.29. The third-order valence-corrected chi connectivity index (χ3v) is 2.13. The summed E-state index contributed by atoms with van der Waals surface area (Å²) >= 11 is 0. The summed E-state index contributed by atoms with van der Waals surface area (Å²) in [4.78, 5) is 11.3. The Morgan fingerprint density at radius 3 is 2.85 bits per heavy atom. The molecule has 0 saturated heterocycles. The van der Waals surface area contributed by atoms with Crippen molar-refractivity contribution in [2.24, 2.45) is 0 Å². The Bertz CT molecular complexity index is 339. The minimum atomic E-state index is -1.29. The molecule has 1 aliphatic carbocycles. The van der Waals surface area contributed by atoms with Crippen LogP contribution >= 0.6 is 0 Å². The van der Waals surface area contributed by atoms with E-state index in [4.69, 9.17) is 14.7 Å². The SMILES string of the molecule is CC1(C#N)OC2=C(O1)C(=O)CCC2. The molecule has 4 nitrogen and oxygen atoms in total. The molecule has 2 rings (SSSR count). The Morgan fingerprint density at radius 2 is 2.23 bits per heavy atom. The van der Waals surface area contributed by atoms with E-state index < -0.39 is 5.79 Å². The van der Waals surface area contributed by atoms with Crippen molar-refractivity contribution >= 4 is 5.78 Å². The number of Topliss-reactive ketones (excluding diaryl/α,β-unsaturated/α-hetero) is 1. The van der Waals surface area contributed by atoms with Crippen molar-refractivity contribution in [3.05, 3.63) is 11.5 Å². The average molecular weight is 179 g/mol. The number of carbonyl (C=O) groups excluding carboxylic acids is 1. The molecule has 0 aromatic carbocycles. The van der Waals surface area contributed by atoms with Gasteiger partial charge in [0.1, 0.15) is 5.76 Å². The topological polar surface area (TPSA) is 59.3 Å². The summed E-state index contributed by atoms with van der Waals surface area (Å²) in [5, 5.41) is 8.72. The number of nitrogens with zero attached hydrogens (tertiary/aromatic N) is 1. The van der Waals surface area contributed by atoms with Crippen molar-refractivity contribution in [1.82, 2.24) is 0 Å². The lowest BCUT2D eigenvalue weighted by Gasteiger charge is -2.14. The van der Waals surface area contributed by atoms with Crippen LogP contribution in [0.2, 0.25) is 0 Å². The number of hydrogen-bond donors (Lipinski definition) is 0. The fourth-order valence-corrected chi connectivity index (χ4v) is 1.50. The minimum Gasteiger partial charge on any atom is -0.441 e. The highest BCUT2D eigenvalue weighted by Gasteiger charge is 2.42. The Morgan fingerprint density at radius 1 is 1.46 bits per heavy atom. The fraction of sp³-hybridized carbons (Fsp3) is 0.556. The van der Waals surface area contributed by atoms with Gasteiger partial charge in [-0.15, -0.1) is 0 Å². The smallest absolute Gasteiger partial charge is 0.339 e. The molecule has 2 aliphatic rings. The molecule has 0 aromatic heterocycles. The summed E-state index contributed by atoms with van der Waals surface area (Å²) in [6, 6.07) is 1.88. The molecule has 1 unspecified atom stereocenters. The highest BCUT2D eigenvalue weighted by molar-refractivity contribution is 5.95. The van der Waals surface area contributed by atoms with Gasteiger partial charge < -0.3 is 9.47 Å². The molecule has 1 atom stereocenters. The molecular weight excluding hydrogens is 170 g/mol. The standard InChI is InChI=1S/C9H9NO3/c1-9(5-10)12-7-4-2-3-6(11)8(7)13-9/h2-4H2,1H3. The third kappa shape index (κ3) is 1.17. The first-order chi connectivity index (χ1) is 6.14. The van der Waals surface area contributed by atoms with E-state index in [0.717, 1.165) is 6.42 Å². The van der Waals surface area contributed by atoms with Gasteiger partial charge in [0.25, 0.3) is 0 Å². The molecular formula is C9H9NO3. The van der Waals surface area contributed by atoms with Crippen LogP contribution in [0.1, 0.15) is 26.2 Å². The maximum atomic E-state index is 11.3. The van der Waals surface area contributed by atoms with Gasteiger partial charge in [0.15, 0.2) is 6.07 Å². The van der Waals surface area contributed by atoms with Gasteiger partial charge >= 0.3 is 5.79 Å². The van der Waals surface area contributed by atoms with E-state index in [9.17, 15) is 4.79 Å². The van der Waals surface area contributed by atoms with Crippen molar-refractivity contribution in [1.29, 1.82) is 5.26 Å². The van der Waals surface area contributed by atoms with E-state index in [1.165, 1.54) is 6.92 Å². The molecule has 0 radical (unpaired) electrons. The van der Waals surface area contributed by atoms with Crippen LogP contribution in [-0.4, -0.2) is 11.6 Å². The van der Waals surface area contributed by atoms with Crippen LogP contribution in [0.3, 0.4) is 0 Å². The molecule has 13 heavy (non-hydrogen) atoms. The van der Waals surface area contributed by atoms with Crippen LogP contribution in [-0.2, 0) is 14.3 Å². The lowest BCUT2D eigenvalue weighted by atomic mass is 10.0. The Balaban J connectivity index is 2.29. The fourth-order valence-electron chi connectivity index (χ4n) is 1.50. The highest BCUT2D eigenvalue weighted by atomic mass is 16.7. The quantitative estimate of drug-likeness (QED) is 0.561. The van der Waals surface area contributed by atoms with Gasteiger partial charge in [-0.1, -0.05) is 0 Å². The molecule has 0 fully saturated rings. The number of nitriles is 1. The van der Waals surface area contributed by atoms with Crippen LogP contribution in [0, 0.1) is 11.3 Å². The van der Waals surface area contributed by atoms with Crippen molar-refractivity contribution in [2.45, 2.75) is 32.0 Å².